The molecular formula is C19H22IN5O. The van der Waals surface area contributed by atoms with E-state index in [2.05, 4.69) is 32.0 Å². The van der Waals surface area contributed by atoms with Crippen LogP contribution in [0.2, 0.25) is 0 Å². The fourth-order valence-corrected chi connectivity index (χ4v) is 2.43. The number of anilines is 1. The van der Waals surface area contributed by atoms with Crippen LogP contribution in [0.4, 0.5) is 5.69 Å². The van der Waals surface area contributed by atoms with Gasteiger partial charge in [0.1, 0.15) is 18.1 Å². The molecule has 1 heterocycles. The van der Waals surface area contributed by atoms with Gasteiger partial charge in [0.2, 0.25) is 0 Å². The summed E-state index contributed by atoms with van der Waals surface area (Å²) in [4.78, 5) is 8.75. The Morgan fingerprint density at radius 1 is 1.15 bits per heavy atom. The zero-order valence-corrected chi connectivity index (χ0v) is 16.8. The van der Waals surface area contributed by atoms with E-state index in [-0.39, 0.29) is 24.0 Å². The van der Waals surface area contributed by atoms with Crippen molar-refractivity contribution in [3.05, 3.63) is 78.4 Å². The highest BCUT2D eigenvalue weighted by Crippen LogP contribution is 2.14. The number of methoxy groups -OCH3 is 1. The van der Waals surface area contributed by atoms with Gasteiger partial charge in [0.05, 0.1) is 7.11 Å². The molecule has 0 aliphatic heterocycles. The Morgan fingerprint density at radius 2 is 1.88 bits per heavy atom. The number of nitrogens with one attached hydrogen (secondary N) is 1. The minimum Gasteiger partial charge on any atom is -0.497 e. The van der Waals surface area contributed by atoms with E-state index in [1.54, 1.807) is 13.3 Å². The summed E-state index contributed by atoms with van der Waals surface area (Å²) in [5.74, 6) is 2.01. The molecule has 0 amide bonds. The van der Waals surface area contributed by atoms with Crippen LogP contribution in [0, 0.1) is 0 Å². The van der Waals surface area contributed by atoms with Crippen LogP contribution in [0.5, 0.6) is 5.75 Å². The van der Waals surface area contributed by atoms with E-state index in [0.717, 1.165) is 23.8 Å². The number of rotatable bonds is 6. The largest absolute Gasteiger partial charge is 0.497 e. The summed E-state index contributed by atoms with van der Waals surface area (Å²) in [5, 5.41) is 3.06. The molecule has 0 unspecified atom stereocenters. The van der Waals surface area contributed by atoms with Crippen molar-refractivity contribution < 1.29 is 4.74 Å². The molecule has 0 radical (unpaired) electrons. The van der Waals surface area contributed by atoms with E-state index in [1.807, 2.05) is 48.7 Å². The third-order valence-electron chi connectivity index (χ3n) is 3.75. The molecule has 0 spiro atoms. The van der Waals surface area contributed by atoms with E-state index in [1.165, 1.54) is 5.56 Å². The Bertz CT molecular complexity index is 831. The van der Waals surface area contributed by atoms with Crippen molar-refractivity contribution in [2.45, 2.75) is 13.1 Å². The molecule has 0 fully saturated rings. The third-order valence-corrected chi connectivity index (χ3v) is 3.75. The van der Waals surface area contributed by atoms with Crippen LogP contribution >= 0.6 is 24.0 Å². The van der Waals surface area contributed by atoms with Crippen LogP contribution in [-0.4, -0.2) is 22.6 Å². The van der Waals surface area contributed by atoms with Gasteiger partial charge in [-0.1, -0.05) is 30.3 Å². The van der Waals surface area contributed by atoms with Gasteiger partial charge < -0.3 is 20.4 Å². The first kappa shape index (κ1) is 19.8. The van der Waals surface area contributed by atoms with Gasteiger partial charge in [-0.15, -0.1) is 24.0 Å². The van der Waals surface area contributed by atoms with Crippen LogP contribution in [-0.2, 0) is 13.1 Å². The van der Waals surface area contributed by atoms with Gasteiger partial charge in [0.25, 0.3) is 0 Å². The standard InChI is InChI=1S/C19H21N5O.HI/c1-25-17-9-7-16(8-10-17)23-19(20)22-13-18-21-11-12-24(18)14-15-5-3-2-4-6-15;/h2-12H,13-14H2,1H3,(H3,20,22,23);1H. The lowest BCUT2D eigenvalue weighted by Crippen LogP contribution is -2.22. The summed E-state index contributed by atoms with van der Waals surface area (Å²) in [6.07, 6.45) is 3.73. The normalized spacial score (nSPS) is 10.9. The number of benzene rings is 2. The van der Waals surface area contributed by atoms with E-state index in [0.29, 0.717) is 12.5 Å². The van der Waals surface area contributed by atoms with Crippen molar-refractivity contribution in [3.63, 3.8) is 0 Å². The molecule has 3 rings (SSSR count). The summed E-state index contributed by atoms with van der Waals surface area (Å²) >= 11 is 0. The molecule has 1 aromatic heterocycles. The van der Waals surface area contributed by atoms with Crippen molar-refractivity contribution in [3.8, 4) is 5.75 Å². The second-order valence-electron chi connectivity index (χ2n) is 5.51. The Hall–Kier alpha value is -2.55. The number of imidazole rings is 1. The fourth-order valence-electron chi connectivity index (χ4n) is 2.43. The number of halogens is 1. The molecule has 6 nitrogen and oxygen atoms in total. The van der Waals surface area contributed by atoms with Crippen LogP contribution in [0.3, 0.4) is 0 Å². The highest BCUT2D eigenvalue weighted by Gasteiger charge is 2.03. The van der Waals surface area contributed by atoms with Crippen molar-refractivity contribution in [1.29, 1.82) is 0 Å². The Kier molecular flexibility index (Phi) is 7.46. The summed E-state index contributed by atoms with van der Waals surface area (Å²) in [6, 6.07) is 17.7. The minimum absolute atomic E-state index is 0. The first-order valence-electron chi connectivity index (χ1n) is 7.99. The molecule has 0 aliphatic carbocycles. The number of hydrogen-bond donors (Lipinski definition) is 2. The number of hydrogen-bond acceptors (Lipinski definition) is 3. The summed E-state index contributed by atoms with van der Waals surface area (Å²) in [5.41, 5.74) is 8.04. The Balaban J connectivity index is 0.00000243. The van der Waals surface area contributed by atoms with E-state index in [4.69, 9.17) is 10.5 Å². The summed E-state index contributed by atoms with van der Waals surface area (Å²) in [7, 11) is 1.63. The maximum absolute atomic E-state index is 5.97. The van der Waals surface area contributed by atoms with Crippen molar-refractivity contribution in [1.82, 2.24) is 9.55 Å². The van der Waals surface area contributed by atoms with Gasteiger partial charge in [-0.3, -0.25) is 0 Å². The van der Waals surface area contributed by atoms with E-state index in [9.17, 15) is 0 Å². The molecule has 26 heavy (non-hydrogen) atoms. The van der Waals surface area contributed by atoms with Crippen LogP contribution < -0.4 is 15.8 Å². The number of aromatic nitrogens is 2. The van der Waals surface area contributed by atoms with Crippen molar-refractivity contribution in [2.75, 3.05) is 12.4 Å². The third kappa shape index (κ3) is 5.48. The first-order chi connectivity index (χ1) is 12.2. The van der Waals surface area contributed by atoms with E-state index < -0.39 is 0 Å². The number of nitrogens with zero attached hydrogens (tertiary/aromatic N) is 3. The number of aliphatic imine (C=N–C) groups is 1. The Morgan fingerprint density at radius 3 is 2.58 bits per heavy atom. The zero-order valence-electron chi connectivity index (χ0n) is 14.5. The quantitative estimate of drug-likeness (QED) is 0.334. The first-order valence-corrected chi connectivity index (χ1v) is 7.99. The monoisotopic (exact) mass is 463 g/mol. The van der Waals surface area contributed by atoms with Gasteiger partial charge in [-0.05, 0) is 29.8 Å². The van der Waals surface area contributed by atoms with Gasteiger partial charge >= 0.3 is 0 Å². The SMILES string of the molecule is COc1ccc(NC(N)=NCc2nccn2Cc2ccccc2)cc1.I. The number of guanidine groups is 1. The van der Waals surface area contributed by atoms with Crippen molar-refractivity contribution >= 4 is 35.6 Å². The molecule has 0 saturated carbocycles. The fraction of sp³-hybridized carbons (Fsp3) is 0.158. The lowest BCUT2D eigenvalue weighted by Gasteiger charge is -2.08. The smallest absolute Gasteiger partial charge is 0.193 e. The summed E-state index contributed by atoms with van der Waals surface area (Å²) in [6.45, 7) is 1.17. The molecular weight excluding hydrogens is 441 g/mol. The maximum Gasteiger partial charge on any atom is 0.193 e. The molecule has 7 heteroatoms. The van der Waals surface area contributed by atoms with Crippen LogP contribution in [0.25, 0.3) is 0 Å². The van der Waals surface area contributed by atoms with Gasteiger partial charge in [0, 0.05) is 24.6 Å². The predicted molar refractivity (Wildman–Crippen MR) is 115 cm³/mol. The van der Waals surface area contributed by atoms with Crippen LogP contribution in [0.15, 0.2) is 72.0 Å². The number of nitrogens with two attached hydrogens (primary N) is 1. The minimum atomic E-state index is 0. The molecule has 2 aromatic carbocycles. The topological polar surface area (TPSA) is 77.5 Å². The highest BCUT2D eigenvalue weighted by molar-refractivity contribution is 14.0. The second kappa shape index (κ2) is 9.81. The average Bonchev–Trinajstić information content (AvgIpc) is 3.08. The van der Waals surface area contributed by atoms with Gasteiger partial charge in [-0.2, -0.15) is 0 Å². The molecule has 0 aliphatic rings. The highest BCUT2D eigenvalue weighted by atomic mass is 127. The van der Waals surface area contributed by atoms with Crippen molar-refractivity contribution in [2.24, 2.45) is 10.7 Å². The van der Waals surface area contributed by atoms with Gasteiger partial charge in [0.15, 0.2) is 5.96 Å². The molecule has 0 bridgehead atoms. The zero-order chi connectivity index (χ0) is 17.5. The molecule has 136 valence electrons. The van der Waals surface area contributed by atoms with E-state index >= 15 is 0 Å². The van der Waals surface area contributed by atoms with Gasteiger partial charge in [-0.25, -0.2) is 9.98 Å². The molecule has 0 atom stereocenters. The van der Waals surface area contributed by atoms with Crippen LogP contribution in [0.1, 0.15) is 11.4 Å². The second-order valence-corrected chi connectivity index (χ2v) is 5.51. The molecule has 3 aromatic rings. The average molecular weight is 463 g/mol. The lowest BCUT2D eigenvalue weighted by atomic mass is 10.2. The number of ether oxygens (including phenoxy) is 1. The maximum atomic E-state index is 5.97. The lowest BCUT2D eigenvalue weighted by molar-refractivity contribution is 0.415. The summed E-state index contributed by atoms with van der Waals surface area (Å²) < 4.78 is 7.20. The molecule has 3 N–H and O–H groups in total. The Labute approximate surface area is 170 Å². The predicted octanol–water partition coefficient (Wildman–Crippen LogP) is 3.48. The molecule has 0 saturated heterocycles.